The summed E-state index contributed by atoms with van der Waals surface area (Å²) in [6, 6.07) is 6.16. The molecular weight excluding hydrogens is 276 g/mol. The Kier molecular flexibility index (Phi) is 5.40. The summed E-state index contributed by atoms with van der Waals surface area (Å²) >= 11 is 0. The molecule has 2 atom stereocenters. The lowest BCUT2D eigenvalue weighted by molar-refractivity contribution is -0.385. The van der Waals surface area contributed by atoms with E-state index in [-0.39, 0.29) is 18.1 Å². The summed E-state index contributed by atoms with van der Waals surface area (Å²) in [5.74, 6) is -2.92. The van der Waals surface area contributed by atoms with Gasteiger partial charge in [-0.05, 0) is 0 Å². The van der Waals surface area contributed by atoms with Crippen molar-refractivity contribution < 1.29 is 19.6 Å². The number of amides is 1. The fourth-order valence-electron chi connectivity index (χ4n) is 1.93. The van der Waals surface area contributed by atoms with E-state index in [0.29, 0.717) is 5.56 Å². The van der Waals surface area contributed by atoms with Gasteiger partial charge in [-0.25, -0.2) is 0 Å². The van der Waals surface area contributed by atoms with Crippen LogP contribution in [0.25, 0.3) is 0 Å². The third kappa shape index (κ3) is 4.01. The predicted molar refractivity (Wildman–Crippen MR) is 75.5 cm³/mol. The molecule has 0 heterocycles. The maximum absolute atomic E-state index is 12.2. The average molecular weight is 294 g/mol. The van der Waals surface area contributed by atoms with Crippen LogP contribution >= 0.6 is 0 Å². The van der Waals surface area contributed by atoms with Gasteiger partial charge in [0.25, 0.3) is 5.69 Å². The van der Waals surface area contributed by atoms with Crippen molar-refractivity contribution in [3.63, 3.8) is 0 Å². The van der Waals surface area contributed by atoms with Crippen LogP contribution in [0.1, 0.15) is 19.4 Å². The van der Waals surface area contributed by atoms with Crippen LogP contribution in [0.2, 0.25) is 0 Å². The summed E-state index contributed by atoms with van der Waals surface area (Å²) < 4.78 is 0. The van der Waals surface area contributed by atoms with Crippen LogP contribution in [0.3, 0.4) is 0 Å². The SMILES string of the molecule is CC(C(=O)O)C(C)C(=O)N(C)Cc1ccccc1[N+](=O)[O-]. The molecule has 0 saturated carbocycles. The van der Waals surface area contributed by atoms with Gasteiger partial charge in [0.15, 0.2) is 0 Å². The van der Waals surface area contributed by atoms with Gasteiger partial charge in [0, 0.05) is 24.6 Å². The lowest BCUT2D eigenvalue weighted by Crippen LogP contribution is -2.36. The largest absolute Gasteiger partial charge is 0.481 e. The fraction of sp³-hybridized carbons (Fsp3) is 0.429. The summed E-state index contributed by atoms with van der Waals surface area (Å²) in [5, 5.41) is 19.9. The van der Waals surface area contributed by atoms with E-state index in [1.807, 2.05) is 0 Å². The highest BCUT2D eigenvalue weighted by atomic mass is 16.6. The maximum Gasteiger partial charge on any atom is 0.307 e. The number of hydrogen-bond donors (Lipinski definition) is 1. The molecule has 1 N–H and O–H groups in total. The smallest absolute Gasteiger partial charge is 0.307 e. The van der Waals surface area contributed by atoms with Gasteiger partial charge in [-0.1, -0.05) is 32.0 Å². The zero-order valence-electron chi connectivity index (χ0n) is 12.1. The van der Waals surface area contributed by atoms with Crippen LogP contribution in [-0.4, -0.2) is 33.9 Å². The van der Waals surface area contributed by atoms with E-state index in [9.17, 15) is 19.7 Å². The van der Waals surface area contributed by atoms with Gasteiger partial charge in [-0.15, -0.1) is 0 Å². The van der Waals surface area contributed by atoms with Crippen LogP contribution in [0.4, 0.5) is 5.69 Å². The average Bonchev–Trinajstić information content (AvgIpc) is 2.44. The van der Waals surface area contributed by atoms with Crippen LogP contribution in [0, 0.1) is 22.0 Å². The van der Waals surface area contributed by atoms with Gasteiger partial charge in [0.2, 0.25) is 5.91 Å². The number of carboxylic acid groups (broad SMARTS) is 1. The molecule has 1 aromatic carbocycles. The number of carbonyl (C=O) groups is 2. The second-order valence-electron chi connectivity index (χ2n) is 5.00. The molecule has 0 radical (unpaired) electrons. The molecule has 0 fully saturated rings. The molecule has 1 amide bonds. The number of nitro benzene ring substituents is 1. The summed E-state index contributed by atoms with van der Waals surface area (Å²) in [6.45, 7) is 3.06. The van der Waals surface area contributed by atoms with Gasteiger partial charge in [-0.2, -0.15) is 0 Å². The van der Waals surface area contributed by atoms with Crippen molar-refractivity contribution in [2.24, 2.45) is 11.8 Å². The Morgan fingerprint density at radius 3 is 2.38 bits per heavy atom. The van der Waals surface area contributed by atoms with E-state index in [0.717, 1.165) is 0 Å². The molecule has 21 heavy (non-hydrogen) atoms. The van der Waals surface area contributed by atoms with Gasteiger partial charge in [-0.3, -0.25) is 19.7 Å². The molecule has 1 aromatic rings. The molecule has 0 spiro atoms. The topological polar surface area (TPSA) is 101 Å². The van der Waals surface area contributed by atoms with Crippen molar-refractivity contribution in [2.75, 3.05) is 7.05 Å². The Bertz CT molecular complexity index is 558. The molecule has 2 unspecified atom stereocenters. The first-order valence-corrected chi connectivity index (χ1v) is 6.45. The molecule has 0 bridgehead atoms. The summed E-state index contributed by atoms with van der Waals surface area (Å²) in [6.07, 6.45) is 0. The third-order valence-electron chi connectivity index (χ3n) is 3.50. The fourth-order valence-corrected chi connectivity index (χ4v) is 1.93. The van der Waals surface area contributed by atoms with Crippen molar-refractivity contribution in [3.05, 3.63) is 39.9 Å². The third-order valence-corrected chi connectivity index (χ3v) is 3.50. The molecule has 0 aromatic heterocycles. The molecule has 0 aliphatic carbocycles. The second-order valence-corrected chi connectivity index (χ2v) is 5.00. The van der Waals surface area contributed by atoms with Crippen LogP contribution in [0.5, 0.6) is 0 Å². The molecule has 114 valence electrons. The zero-order chi connectivity index (χ0) is 16.2. The Hall–Kier alpha value is -2.44. The van der Waals surface area contributed by atoms with E-state index < -0.39 is 22.7 Å². The van der Waals surface area contributed by atoms with Gasteiger partial charge in [0.1, 0.15) is 0 Å². The quantitative estimate of drug-likeness (QED) is 0.638. The van der Waals surface area contributed by atoms with E-state index in [4.69, 9.17) is 5.11 Å². The molecular formula is C14H18N2O5. The minimum absolute atomic E-state index is 0.0592. The number of carboxylic acids is 1. The van der Waals surface area contributed by atoms with Crippen LogP contribution in [-0.2, 0) is 16.1 Å². The molecule has 0 saturated heterocycles. The number of nitrogens with zero attached hydrogens (tertiary/aromatic N) is 2. The van der Waals surface area contributed by atoms with Gasteiger partial charge < -0.3 is 10.0 Å². The highest BCUT2D eigenvalue weighted by Crippen LogP contribution is 2.21. The lowest BCUT2D eigenvalue weighted by atomic mass is 9.94. The van der Waals surface area contributed by atoms with E-state index in [1.165, 1.54) is 31.9 Å². The number of benzene rings is 1. The lowest BCUT2D eigenvalue weighted by Gasteiger charge is -2.23. The molecule has 1 rings (SSSR count). The maximum atomic E-state index is 12.2. The normalized spacial score (nSPS) is 13.3. The number of hydrogen-bond acceptors (Lipinski definition) is 4. The predicted octanol–water partition coefficient (Wildman–Crippen LogP) is 1.91. The van der Waals surface area contributed by atoms with Crippen molar-refractivity contribution in [2.45, 2.75) is 20.4 Å². The number of para-hydroxylation sites is 1. The molecule has 0 aliphatic rings. The Morgan fingerprint density at radius 2 is 1.86 bits per heavy atom. The van der Waals surface area contributed by atoms with Crippen LogP contribution in [0.15, 0.2) is 24.3 Å². The Labute approximate surface area is 122 Å². The van der Waals surface area contributed by atoms with E-state index in [2.05, 4.69) is 0 Å². The highest BCUT2D eigenvalue weighted by molar-refractivity contribution is 5.84. The van der Waals surface area contributed by atoms with Gasteiger partial charge >= 0.3 is 5.97 Å². The summed E-state index contributed by atoms with van der Waals surface area (Å²) in [5.41, 5.74) is 0.351. The molecule has 0 aliphatic heterocycles. The molecule has 7 heteroatoms. The first-order valence-electron chi connectivity index (χ1n) is 6.45. The Balaban J connectivity index is 2.86. The minimum Gasteiger partial charge on any atom is -0.481 e. The van der Waals surface area contributed by atoms with Gasteiger partial charge in [0.05, 0.1) is 17.4 Å². The minimum atomic E-state index is -1.05. The van der Waals surface area contributed by atoms with E-state index in [1.54, 1.807) is 18.2 Å². The number of aliphatic carboxylic acids is 1. The summed E-state index contributed by atoms with van der Waals surface area (Å²) in [4.78, 5) is 34.8. The van der Waals surface area contributed by atoms with Crippen LogP contribution < -0.4 is 0 Å². The van der Waals surface area contributed by atoms with E-state index >= 15 is 0 Å². The number of rotatable bonds is 6. The van der Waals surface area contributed by atoms with Crippen molar-refractivity contribution in [1.82, 2.24) is 4.90 Å². The van der Waals surface area contributed by atoms with Crippen molar-refractivity contribution >= 4 is 17.6 Å². The first kappa shape index (κ1) is 16.6. The number of carbonyl (C=O) groups excluding carboxylic acids is 1. The molecule has 7 nitrogen and oxygen atoms in total. The highest BCUT2D eigenvalue weighted by Gasteiger charge is 2.28. The second kappa shape index (κ2) is 6.83. The van der Waals surface area contributed by atoms with Crippen molar-refractivity contribution in [3.8, 4) is 0 Å². The van der Waals surface area contributed by atoms with Crippen molar-refractivity contribution in [1.29, 1.82) is 0 Å². The monoisotopic (exact) mass is 294 g/mol. The number of nitro groups is 1. The zero-order valence-corrected chi connectivity index (χ0v) is 12.1. The summed E-state index contributed by atoms with van der Waals surface area (Å²) in [7, 11) is 1.50. The Morgan fingerprint density at radius 1 is 1.29 bits per heavy atom. The standard InChI is InChI=1S/C14H18N2O5/c1-9(10(2)14(18)19)13(17)15(3)8-11-6-4-5-7-12(11)16(20)21/h4-7,9-10H,8H2,1-3H3,(H,18,19). The first-order chi connectivity index (χ1) is 9.75.